The van der Waals surface area contributed by atoms with Crippen LogP contribution in [0.25, 0.3) is 28.1 Å². The van der Waals surface area contributed by atoms with Gasteiger partial charge in [0.2, 0.25) is 0 Å². The standard InChI is InChI=1S/C31H31N3O2/c1-2-34-30(23-14-7-4-8-15-23)29(22-12-5-3-6-13-22)33-31(34)27-19-10-9-18-26(27)24-16-11-17-25(20-24)32-21-28(35)36/h3-8,10,12-15,17,19-20,32H,2,9,11,16,18,21H2,1H3,(H,35,36). The van der Waals surface area contributed by atoms with Gasteiger partial charge in [-0.1, -0.05) is 78.9 Å². The first-order chi connectivity index (χ1) is 17.7. The first-order valence-corrected chi connectivity index (χ1v) is 12.6. The van der Waals surface area contributed by atoms with Crippen LogP contribution < -0.4 is 5.32 Å². The van der Waals surface area contributed by atoms with E-state index in [1.165, 1.54) is 11.1 Å². The number of nitrogens with one attached hydrogen (secondary N) is 1. The van der Waals surface area contributed by atoms with Crippen molar-refractivity contribution in [3.8, 4) is 22.5 Å². The normalized spacial score (nSPS) is 15.5. The molecule has 2 aromatic carbocycles. The van der Waals surface area contributed by atoms with Crippen molar-refractivity contribution in [2.24, 2.45) is 0 Å². The van der Waals surface area contributed by atoms with Gasteiger partial charge in [0, 0.05) is 28.9 Å². The number of benzene rings is 2. The van der Waals surface area contributed by atoms with E-state index in [2.05, 4.69) is 89.6 Å². The minimum Gasteiger partial charge on any atom is -0.480 e. The van der Waals surface area contributed by atoms with E-state index in [0.717, 1.165) is 71.8 Å². The van der Waals surface area contributed by atoms with Crippen LogP contribution in [0, 0.1) is 0 Å². The van der Waals surface area contributed by atoms with Crippen molar-refractivity contribution >= 4 is 11.5 Å². The summed E-state index contributed by atoms with van der Waals surface area (Å²) in [5.41, 5.74) is 8.99. The lowest BCUT2D eigenvalue weighted by Crippen LogP contribution is -2.22. The molecule has 1 heterocycles. The summed E-state index contributed by atoms with van der Waals surface area (Å²) in [6.45, 7) is 2.90. The van der Waals surface area contributed by atoms with E-state index in [9.17, 15) is 4.79 Å². The molecule has 0 fully saturated rings. The lowest BCUT2D eigenvalue weighted by Gasteiger charge is -2.22. The Morgan fingerprint density at radius 1 is 1.00 bits per heavy atom. The van der Waals surface area contributed by atoms with Gasteiger partial charge in [0.25, 0.3) is 0 Å². The van der Waals surface area contributed by atoms with Crippen LogP contribution in [0.15, 0.2) is 102 Å². The number of carbonyl (C=O) groups is 1. The lowest BCUT2D eigenvalue weighted by atomic mass is 9.86. The van der Waals surface area contributed by atoms with Crippen molar-refractivity contribution in [2.75, 3.05) is 6.54 Å². The molecule has 5 nitrogen and oxygen atoms in total. The fourth-order valence-electron chi connectivity index (χ4n) is 5.10. The third-order valence-electron chi connectivity index (χ3n) is 6.73. The quantitative estimate of drug-likeness (QED) is 0.383. The molecule has 2 aliphatic carbocycles. The number of rotatable bonds is 8. The Labute approximate surface area is 212 Å². The Balaban J connectivity index is 1.67. The first-order valence-electron chi connectivity index (χ1n) is 12.6. The minimum atomic E-state index is -0.858. The monoisotopic (exact) mass is 477 g/mol. The van der Waals surface area contributed by atoms with Crippen LogP contribution in [0.4, 0.5) is 0 Å². The summed E-state index contributed by atoms with van der Waals surface area (Å²) in [5.74, 6) is 0.125. The molecule has 5 heteroatoms. The molecule has 3 aromatic rings. The molecule has 0 atom stereocenters. The number of allylic oxidation sites excluding steroid dienone is 7. The molecule has 0 saturated carbocycles. The van der Waals surface area contributed by atoms with E-state index in [-0.39, 0.29) is 6.54 Å². The molecule has 0 bridgehead atoms. The highest BCUT2D eigenvalue weighted by atomic mass is 16.4. The Bertz CT molecular complexity index is 1380. The second kappa shape index (κ2) is 10.6. The zero-order valence-electron chi connectivity index (χ0n) is 20.6. The molecule has 0 unspecified atom stereocenters. The van der Waals surface area contributed by atoms with Crippen LogP contribution >= 0.6 is 0 Å². The Hall–Kier alpha value is -4.12. The molecule has 2 N–H and O–H groups in total. The van der Waals surface area contributed by atoms with Crippen molar-refractivity contribution in [3.63, 3.8) is 0 Å². The van der Waals surface area contributed by atoms with Crippen LogP contribution in [0.1, 0.15) is 38.4 Å². The fraction of sp³-hybridized carbons (Fsp3) is 0.226. The predicted molar refractivity (Wildman–Crippen MR) is 145 cm³/mol. The Kier molecular flexibility index (Phi) is 6.99. The third kappa shape index (κ3) is 4.82. The molecule has 182 valence electrons. The molecule has 2 aliphatic rings. The molecule has 1 aromatic heterocycles. The van der Waals surface area contributed by atoms with Gasteiger partial charge in [-0.15, -0.1) is 0 Å². The van der Waals surface area contributed by atoms with Crippen molar-refractivity contribution in [1.82, 2.24) is 14.9 Å². The van der Waals surface area contributed by atoms with Gasteiger partial charge >= 0.3 is 5.97 Å². The summed E-state index contributed by atoms with van der Waals surface area (Å²) in [6.07, 6.45) is 12.4. The number of nitrogens with zero attached hydrogens (tertiary/aromatic N) is 2. The minimum absolute atomic E-state index is 0.0808. The summed E-state index contributed by atoms with van der Waals surface area (Å²) < 4.78 is 2.34. The van der Waals surface area contributed by atoms with Crippen LogP contribution in [0.2, 0.25) is 0 Å². The van der Waals surface area contributed by atoms with Crippen molar-refractivity contribution in [1.29, 1.82) is 0 Å². The van der Waals surface area contributed by atoms with Crippen molar-refractivity contribution < 1.29 is 9.90 Å². The van der Waals surface area contributed by atoms with Gasteiger partial charge in [0.15, 0.2) is 0 Å². The van der Waals surface area contributed by atoms with Crippen LogP contribution in [0.3, 0.4) is 0 Å². The second-order valence-corrected chi connectivity index (χ2v) is 9.06. The van der Waals surface area contributed by atoms with Gasteiger partial charge in [0.1, 0.15) is 12.4 Å². The van der Waals surface area contributed by atoms with E-state index >= 15 is 0 Å². The van der Waals surface area contributed by atoms with Gasteiger partial charge in [-0.2, -0.15) is 0 Å². The third-order valence-corrected chi connectivity index (χ3v) is 6.73. The van der Waals surface area contributed by atoms with Gasteiger partial charge in [-0.25, -0.2) is 4.98 Å². The average molecular weight is 478 g/mol. The van der Waals surface area contributed by atoms with Gasteiger partial charge in [0.05, 0.1) is 11.4 Å². The van der Waals surface area contributed by atoms with Crippen LogP contribution in [-0.4, -0.2) is 27.2 Å². The molecule has 0 radical (unpaired) electrons. The van der Waals surface area contributed by atoms with E-state index in [0.29, 0.717) is 0 Å². The maximum absolute atomic E-state index is 11.1. The largest absolute Gasteiger partial charge is 0.480 e. The molecule has 0 saturated heterocycles. The van der Waals surface area contributed by atoms with Crippen LogP contribution in [-0.2, 0) is 11.3 Å². The first kappa shape index (κ1) is 23.6. The highest BCUT2D eigenvalue weighted by Gasteiger charge is 2.24. The predicted octanol–water partition coefficient (Wildman–Crippen LogP) is 6.62. The molecular formula is C31H31N3O2. The lowest BCUT2D eigenvalue weighted by molar-refractivity contribution is -0.135. The second-order valence-electron chi connectivity index (χ2n) is 9.06. The molecule has 0 aliphatic heterocycles. The average Bonchev–Trinajstić information content (AvgIpc) is 3.32. The highest BCUT2D eigenvalue weighted by Crippen LogP contribution is 2.40. The maximum Gasteiger partial charge on any atom is 0.322 e. The maximum atomic E-state index is 11.1. The molecule has 36 heavy (non-hydrogen) atoms. The summed E-state index contributed by atoms with van der Waals surface area (Å²) in [6, 6.07) is 20.9. The molecular weight excluding hydrogens is 446 g/mol. The summed E-state index contributed by atoms with van der Waals surface area (Å²) in [7, 11) is 0. The topological polar surface area (TPSA) is 67.2 Å². The number of imidazole rings is 1. The van der Waals surface area contributed by atoms with Crippen molar-refractivity contribution in [2.45, 2.75) is 39.2 Å². The molecule has 0 amide bonds. The van der Waals surface area contributed by atoms with Crippen molar-refractivity contribution in [3.05, 3.63) is 108 Å². The van der Waals surface area contributed by atoms with Gasteiger partial charge in [-0.05, 0) is 49.8 Å². The van der Waals surface area contributed by atoms with E-state index < -0.39 is 5.97 Å². The summed E-state index contributed by atoms with van der Waals surface area (Å²) in [5, 5.41) is 12.1. The number of hydrogen-bond acceptors (Lipinski definition) is 3. The van der Waals surface area contributed by atoms with Gasteiger partial charge in [-0.3, -0.25) is 4.79 Å². The number of hydrogen-bond donors (Lipinski definition) is 2. The Morgan fingerprint density at radius 3 is 2.42 bits per heavy atom. The smallest absolute Gasteiger partial charge is 0.322 e. The van der Waals surface area contributed by atoms with E-state index in [1.807, 2.05) is 12.1 Å². The summed E-state index contributed by atoms with van der Waals surface area (Å²) in [4.78, 5) is 16.4. The van der Waals surface area contributed by atoms with E-state index in [1.54, 1.807) is 0 Å². The van der Waals surface area contributed by atoms with Gasteiger partial charge < -0.3 is 15.0 Å². The van der Waals surface area contributed by atoms with Crippen LogP contribution in [0.5, 0.6) is 0 Å². The fourth-order valence-corrected chi connectivity index (χ4v) is 5.10. The SMILES string of the molecule is CCn1c(C2=C(C3=CC(NCC(=O)O)=CCC3)CCC=C2)nc(-c2ccccc2)c1-c1ccccc1. The summed E-state index contributed by atoms with van der Waals surface area (Å²) >= 11 is 0. The zero-order chi connectivity index (χ0) is 24.9. The molecule has 0 spiro atoms. The van der Waals surface area contributed by atoms with E-state index in [4.69, 9.17) is 10.1 Å². The highest BCUT2D eigenvalue weighted by molar-refractivity contribution is 5.85. The number of carboxylic acids is 1. The molecule has 5 rings (SSSR count). The Morgan fingerprint density at radius 2 is 1.72 bits per heavy atom. The number of aromatic nitrogens is 2. The number of aliphatic carboxylic acids is 1. The zero-order valence-corrected chi connectivity index (χ0v) is 20.6. The number of carboxylic acid groups (broad SMARTS) is 1.